The molecule has 0 radical (unpaired) electrons. The van der Waals surface area contributed by atoms with E-state index in [0.29, 0.717) is 11.3 Å². The molecule has 1 N–H and O–H groups in total. The third-order valence-corrected chi connectivity index (χ3v) is 5.17. The quantitative estimate of drug-likeness (QED) is 0.750. The molecule has 1 aliphatic rings. The predicted octanol–water partition coefficient (Wildman–Crippen LogP) is 4.59. The summed E-state index contributed by atoms with van der Waals surface area (Å²) in [6.45, 7) is 7.05. The van der Waals surface area contributed by atoms with Crippen LogP contribution in [0.4, 0.5) is 5.69 Å². The summed E-state index contributed by atoms with van der Waals surface area (Å²) in [6.07, 6.45) is 3.15. The lowest BCUT2D eigenvalue weighted by molar-refractivity contribution is -0.124. The second kappa shape index (κ2) is 10.1. The number of amides is 1. The number of hydrogen-bond acceptors (Lipinski definition) is 4. The Bertz CT molecular complexity index is 866. The summed E-state index contributed by atoms with van der Waals surface area (Å²) in [6, 6.07) is 17.1. The van der Waals surface area contributed by atoms with Crippen LogP contribution >= 0.6 is 0 Å². The minimum absolute atomic E-state index is 0.0433. The fourth-order valence-electron chi connectivity index (χ4n) is 3.63. The van der Waals surface area contributed by atoms with Gasteiger partial charge in [0.25, 0.3) is 5.91 Å². The van der Waals surface area contributed by atoms with Crippen LogP contribution in [0.25, 0.3) is 0 Å². The number of para-hydroxylation sites is 1. The summed E-state index contributed by atoms with van der Waals surface area (Å²) < 4.78 is 5.94. The summed E-state index contributed by atoms with van der Waals surface area (Å²) in [4.78, 5) is 15.4. The molecule has 1 heterocycles. The van der Waals surface area contributed by atoms with E-state index in [1.54, 1.807) is 24.3 Å². The van der Waals surface area contributed by atoms with E-state index < -0.39 is 6.10 Å². The van der Waals surface area contributed by atoms with Crippen molar-refractivity contribution in [2.75, 3.05) is 18.4 Å². The molecule has 0 bridgehead atoms. The molecule has 1 aliphatic heterocycles. The molecule has 3 rings (SSSR count). The van der Waals surface area contributed by atoms with E-state index in [4.69, 9.17) is 4.74 Å². The summed E-state index contributed by atoms with van der Waals surface area (Å²) in [5, 5.41) is 12.3. The second-order valence-electron chi connectivity index (χ2n) is 7.92. The molecule has 0 saturated carbocycles. The highest BCUT2D eigenvalue weighted by Gasteiger charge is 2.25. The number of nitrogens with zero attached hydrogens (tertiary/aromatic N) is 2. The fraction of sp³-hybridized carbons (Fsp3) is 0.417. The Kier molecular flexibility index (Phi) is 7.26. The Morgan fingerprint density at radius 1 is 1.14 bits per heavy atom. The molecule has 1 atom stereocenters. The van der Waals surface area contributed by atoms with Crippen molar-refractivity contribution < 1.29 is 9.53 Å². The predicted molar refractivity (Wildman–Crippen MR) is 115 cm³/mol. The van der Waals surface area contributed by atoms with Gasteiger partial charge in [-0.15, -0.1) is 0 Å². The van der Waals surface area contributed by atoms with Crippen LogP contribution in [0.3, 0.4) is 0 Å². The number of hydrogen-bond donors (Lipinski definition) is 1. The topological polar surface area (TPSA) is 65.4 Å². The van der Waals surface area contributed by atoms with Gasteiger partial charge in [0.2, 0.25) is 0 Å². The Labute approximate surface area is 173 Å². The molecule has 152 valence electrons. The molecular formula is C24H29N3O2. The average molecular weight is 392 g/mol. The van der Waals surface area contributed by atoms with Crippen molar-refractivity contribution in [1.29, 1.82) is 5.26 Å². The number of piperidine rings is 1. The first-order valence-electron chi connectivity index (χ1n) is 10.3. The zero-order valence-corrected chi connectivity index (χ0v) is 17.2. The van der Waals surface area contributed by atoms with Crippen molar-refractivity contribution in [2.24, 2.45) is 5.92 Å². The van der Waals surface area contributed by atoms with Gasteiger partial charge in [-0.2, -0.15) is 5.26 Å². The smallest absolute Gasteiger partial charge is 0.265 e. The van der Waals surface area contributed by atoms with E-state index in [0.717, 1.165) is 25.3 Å². The van der Waals surface area contributed by atoms with Gasteiger partial charge in [0, 0.05) is 12.2 Å². The maximum absolute atomic E-state index is 12.9. The van der Waals surface area contributed by atoms with Gasteiger partial charge in [-0.3, -0.25) is 9.69 Å². The molecule has 5 nitrogen and oxygen atoms in total. The van der Waals surface area contributed by atoms with Crippen LogP contribution in [0.5, 0.6) is 5.75 Å². The van der Waals surface area contributed by atoms with Gasteiger partial charge in [-0.1, -0.05) is 44.5 Å². The zero-order valence-electron chi connectivity index (χ0n) is 17.2. The van der Waals surface area contributed by atoms with Crippen LogP contribution in [0, 0.1) is 17.2 Å². The van der Waals surface area contributed by atoms with Crippen molar-refractivity contribution in [1.82, 2.24) is 4.90 Å². The number of nitrogens with one attached hydrogen (secondary N) is 1. The molecule has 1 amide bonds. The highest BCUT2D eigenvalue weighted by atomic mass is 16.5. The molecule has 5 heteroatoms. The number of benzene rings is 2. The molecule has 2 aromatic rings. The second-order valence-corrected chi connectivity index (χ2v) is 7.92. The molecule has 0 spiro atoms. The molecule has 29 heavy (non-hydrogen) atoms. The molecule has 2 aromatic carbocycles. The van der Waals surface area contributed by atoms with Crippen LogP contribution in [0.1, 0.15) is 44.2 Å². The Balaban J connectivity index is 1.68. The Morgan fingerprint density at radius 2 is 1.90 bits per heavy atom. The zero-order chi connectivity index (χ0) is 20.6. The van der Waals surface area contributed by atoms with Gasteiger partial charge in [-0.05, 0) is 61.7 Å². The summed E-state index contributed by atoms with van der Waals surface area (Å²) >= 11 is 0. The lowest BCUT2D eigenvalue weighted by Gasteiger charge is -2.26. The summed E-state index contributed by atoms with van der Waals surface area (Å²) in [7, 11) is 0. The van der Waals surface area contributed by atoms with Crippen LogP contribution in [0.2, 0.25) is 0 Å². The minimum Gasteiger partial charge on any atom is -0.479 e. The molecule has 0 aliphatic carbocycles. The van der Waals surface area contributed by atoms with Crippen molar-refractivity contribution >= 4 is 11.6 Å². The highest BCUT2D eigenvalue weighted by Crippen LogP contribution is 2.22. The van der Waals surface area contributed by atoms with Crippen molar-refractivity contribution in [3.05, 3.63) is 59.7 Å². The van der Waals surface area contributed by atoms with Crippen LogP contribution in [-0.4, -0.2) is 30.0 Å². The van der Waals surface area contributed by atoms with E-state index in [-0.39, 0.29) is 11.8 Å². The number of anilines is 1. The maximum Gasteiger partial charge on any atom is 0.265 e. The number of nitriles is 1. The largest absolute Gasteiger partial charge is 0.479 e. The van der Waals surface area contributed by atoms with Crippen molar-refractivity contribution in [2.45, 2.75) is 45.8 Å². The number of ether oxygens (including phenoxy) is 1. The van der Waals surface area contributed by atoms with E-state index in [2.05, 4.69) is 22.4 Å². The molecule has 0 aromatic heterocycles. The van der Waals surface area contributed by atoms with E-state index in [1.807, 2.05) is 32.0 Å². The normalized spacial score (nSPS) is 15.5. The van der Waals surface area contributed by atoms with Crippen molar-refractivity contribution in [3.8, 4) is 11.8 Å². The number of likely N-dealkylation sites (tertiary alicyclic amines) is 1. The first-order chi connectivity index (χ1) is 14.1. The van der Waals surface area contributed by atoms with Gasteiger partial charge in [0.05, 0.1) is 5.56 Å². The van der Waals surface area contributed by atoms with Crippen LogP contribution < -0.4 is 10.1 Å². The minimum atomic E-state index is -0.685. The van der Waals surface area contributed by atoms with Gasteiger partial charge in [0.1, 0.15) is 11.8 Å². The molecule has 1 saturated heterocycles. The van der Waals surface area contributed by atoms with Crippen molar-refractivity contribution in [3.63, 3.8) is 0 Å². The SMILES string of the molecule is CC(C)C(Oc1ccccc1C#N)C(=O)Nc1cccc(CN2CCCCC2)c1. The Hall–Kier alpha value is -2.84. The summed E-state index contributed by atoms with van der Waals surface area (Å²) in [5.74, 6) is 0.184. The Morgan fingerprint density at radius 3 is 2.62 bits per heavy atom. The van der Waals surface area contributed by atoms with E-state index in [9.17, 15) is 10.1 Å². The van der Waals surface area contributed by atoms with Gasteiger partial charge in [0.15, 0.2) is 6.10 Å². The third kappa shape index (κ3) is 5.82. The number of carbonyl (C=O) groups excluding carboxylic acids is 1. The number of carbonyl (C=O) groups is 1. The first-order valence-corrected chi connectivity index (χ1v) is 10.3. The molecule has 1 unspecified atom stereocenters. The average Bonchev–Trinajstić information content (AvgIpc) is 2.73. The van der Waals surface area contributed by atoms with Crippen LogP contribution in [-0.2, 0) is 11.3 Å². The lowest BCUT2D eigenvalue weighted by Crippen LogP contribution is -2.37. The third-order valence-electron chi connectivity index (χ3n) is 5.17. The van der Waals surface area contributed by atoms with Gasteiger partial charge >= 0.3 is 0 Å². The summed E-state index contributed by atoms with van der Waals surface area (Å²) in [5.41, 5.74) is 2.39. The standard InChI is InChI=1S/C24H29N3O2/c1-18(2)23(29-22-12-5-4-10-20(22)16-25)24(28)26-21-11-8-9-19(15-21)17-27-13-6-3-7-14-27/h4-5,8-12,15,18,23H,3,6-7,13-14,17H2,1-2H3,(H,26,28). The molecular weight excluding hydrogens is 362 g/mol. The van der Waals surface area contributed by atoms with E-state index in [1.165, 1.54) is 24.8 Å². The first kappa shape index (κ1) is 20.9. The fourth-order valence-corrected chi connectivity index (χ4v) is 3.63. The molecule has 1 fully saturated rings. The maximum atomic E-state index is 12.9. The highest BCUT2D eigenvalue weighted by molar-refractivity contribution is 5.94. The van der Waals surface area contributed by atoms with Gasteiger partial charge in [-0.25, -0.2) is 0 Å². The van der Waals surface area contributed by atoms with Gasteiger partial charge < -0.3 is 10.1 Å². The monoisotopic (exact) mass is 391 g/mol. The lowest BCUT2D eigenvalue weighted by atomic mass is 10.1. The van der Waals surface area contributed by atoms with E-state index >= 15 is 0 Å². The number of rotatable bonds is 7. The van der Waals surface area contributed by atoms with Crippen LogP contribution in [0.15, 0.2) is 48.5 Å².